The average molecular weight is 323 g/mol. The number of hydrogen-bond donors (Lipinski definition) is 0. The summed E-state index contributed by atoms with van der Waals surface area (Å²) in [5.41, 5.74) is 8.40. The Labute approximate surface area is 143 Å². The Kier molecular flexibility index (Phi) is 5.37. The van der Waals surface area contributed by atoms with Crippen LogP contribution in [-0.4, -0.2) is 8.07 Å². The van der Waals surface area contributed by atoms with Gasteiger partial charge in [-0.15, -0.1) is 5.54 Å². The van der Waals surface area contributed by atoms with E-state index in [4.69, 9.17) is 0 Å². The molecule has 0 bridgehead atoms. The first-order valence-electron chi connectivity index (χ1n) is 8.82. The molecule has 2 aromatic rings. The van der Waals surface area contributed by atoms with Crippen LogP contribution in [-0.2, 0) is 0 Å². The molecule has 2 rings (SSSR count). The molecule has 0 fully saturated rings. The van der Waals surface area contributed by atoms with Crippen molar-refractivity contribution in [2.75, 3.05) is 0 Å². The molecule has 0 heterocycles. The maximum atomic E-state index is 3.87. The van der Waals surface area contributed by atoms with Gasteiger partial charge >= 0.3 is 0 Å². The summed E-state index contributed by atoms with van der Waals surface area (Å²) < 4.78 is 0. The molecule has 0 aromatic heterocycles. The second-order valence-electron chi connectivity index (χ2n) is 7.63. The van der Waals surface area contributed by atoms with Crippen molar-refractivity contribution >= 4 is 18.8 Å². The van der Waals surface area contributed by atoms with Crippen LogP contribution in [0, 0.1) is 18.4 Å². The average Bonchev–Trinajstić information content (AvgIpc) is 2.48. The minimum Gasteiger partial charge on any atom is -0.125 e. The largest absolute Gasteiger partial charge is 0.146 e. The lowest BCUT2D eigenvalue weighted by molar-refractivity contribution is 0.838. The van der Waals surface area contributed by atoms with Crippen LogP contribution in [0.15, 0.2) is 36.4 Å². The molecule has 0 radical (unpaired) electrons. The molecule has 2 aromatic carbocycles. The lowest BCUT2D eigenvalue weighted by atomic mass is 10.0. The summed E-state index contributed by atoms with van der Waals surface area (Å²) in [4.78, 5) is 0. The number of hydrogen-bond acceptors (Lipinski definition) is 0. The van der Waals surface area contributed by atoms with Crippen molar-refractivity contribution in [2.24, 2.45) is 0 Å². The highest BCUT2D eigenvalue weighted by Crippen LogP contribution is 2.41. The van der Waals surface area contributed by atoms with Gasteiger partial charge in [0.25, 0.3) is 0 Å². The smallest absolute Gasteiger partial charge is 0.125 e. The minimum atomic E-state index is -1.68. The fourth-order valence-electron chi connectivity index (χ4n) is 4.15. The van der Waals surface area contributed by atoms with Gasteiger partial charge < -0.3 is 0 Å². The van der Waals surface area contributed by atoms with Crippen molar-refractivity contribution in [3.63, 3.8) is 0 Å². The van der Waals surface area contributed by atoms with Crippen molar-refractivity contribution in [2.45, 2.75) is 65.1 Å². The minimum absolute atomic E-state index is 0.672. The summed E-state index contributed by atoms with van der Waals surface area (Å²) in [7, 11) is -1.68. The molecular weight excluding hydrogens is 292 g/mol. The molecule has 0 atom stereocenters. The number of fused-ring (bicyclic) bond motifs is 1. The van der Waals surface area contributed by atoms with Crippen LogP contribution in [0.4, 0.5) is 0 Å². The Bertz CT molecular complexity index is 720. The monoisotopic (exact) mass is 322 g/mol. The quantitative estimate of drug-likeness (QED) is 0.435. The van der Waals surface area contributed by atoms with E-state index in [0.717, 1.165) is 0 Å². The summed E-state index contributed by atoms with van der Waals surface area (Å²) in [5, 5.41) is 2.58. The molecule has 0 N–H and O–H groups in total. The zero-order valence-corrected chi connectivity index (χ0v) is 16.7. The summed E-state index contributed by atoms with van der Waals surface area (Å²) >= 11 is 0. The van der Waals surface area contributed by atoms with Crippen LogP contribution in [0.2, 0.25) is 16.6 Å². The van der Waals surface area contributed by atoms with E-state index in [9.17, 15) is 0 Å². The van der Waals surface area contributed by atoms with E-state index < -0.39 is 8.07 Å². The zero-order chi connectivity index (χ0) is 17.2. The van der Waals surface area contributed by atoms with Gasteiger partial charge in [-0.1, -0.05) is 83.9 Å². The third-order valence-corrected chi connectivity index (χ3v) is 11.7. The molecule has 1 heteroatoms. The first kappa shape index (κ1) is 17.8. The van der Waals surface area contributed by atoms with Crippen molar-refractivity contribution in [3.05, 3.63) is 47.5 Å². The molecule has 0 aliphatic heterocycles. The predicted octanol–water partition coefficient (Wildman–Crippen LogP) is 6.72. The third kappa shape index (κ3) is 3.24. The number of rotatable bonds is 3. The van der Waals surface area contributed by atoms with Crippen molar-refractivity contribution < 1.29 is 0 Å². The highest BCUT2D eigenvalue weighted by Gasteiger charge is 2.41. The van der Waals surface area contributed by atoms with E-state index in [-0.39, 0.29) is 0 Å². The van der Waals surface area contributed by atoms with Gasteiger partial charge in [0, 0.05) is 5.56 Å². The maximum Gasteiger partial charge on any atom is 0.146 e. The molecule has 0 amide bonds. The van der Waals surface area contributed by atoms with Crippen molar-refractivity contribution in [1.29, 1.82) is 0 Å². The highest BCUT2D eigenvalue weighted by molar-refractivity contribution is 6.90. The molecule has 0 aliphatic carbocycles. The van der Waals surface area contributed by atoms with E-state index in [1.54, 1.807) is 0 Å². The topological polar surface area (TPSA) is 0 Å². The fraction of sp³-hybridized carbons (Fsp3) is 0.455. The Morgan fingerprint density at radius 2 is 1.35 bits per heavy atom. The van der Waals surface area contributed by atoms with Gasteiger partial charge in [-0.05, 0) is 39.9 Å². The molecule has 0 saturated heterocycles. The number of aryl methyl sites for hydroxylation is 1. The molecule has 0 spiro atoms. The van der Waals surface area contributed by atoms with E-state index in [1.165, 1.54) is 21.9 Å². The van der Waals surface area contributed by atoms with Crippen LogP contribution in [0.5, 0.6) is 0 Å². The van der Waals surface area contributed by atoms with Crippen LogP contribution in [0.3, 0.4) is 0 Å². The van der Waals surface area contributed by atoms with Gasteiger partial charge in [-0.3, -0.25) is 0 Å². The molecule has 0 saturated carbocycles. The fourth-order valence-corrected chi connectivity index (χ4v) is 9.36. The predicted molar refractivity (Wildman–Crippen MR) is 107 cm³/mol. The zero-order valence-electron chi connectivity index (χ0n) is 15.7. The maximum absolute atomic E-state index is 3.87. The summed E-state index contributed by atoms with van der Waals surface area (Å²) in [6.45, 7) is 16.4. The van der Waals surface area contributed by atoms with Crippen LogP contribution >= 0.6 is 0 Å². The van der Waals surface area contributed by atoms with Crippen LogP contribution in [0.1, 0.15) is 52.7 Å². The lowest BCUT2D eigenvalue weighted by Gasteiger charge is -2.38. The van der Waals surface area contributed by atoms with Crippen LogP contribution < -0.4 is 0 Å². The molecule has 0 unspecified atom stereocenters. The van der Waals surface area contributed by atoms with E-state index in [2.05, 4.69) is 96.3 Å². The van der Waals surface area contributed by atoms with Gasteiger partial charge in [0.05, 0.1) is 0 Å². The Balaban J connectivity index is 2.67. The van der Waals surface area contributed by atoms with E-state index in [1.807, 2.05) is 0 Å². The first-order chi connectivity index (χ1) is 10.8. The molecule has 0 aliphatic rings. The van der Waals surface area contributed by atoms with E-state index in [0.29, 0.717) is 16.6 Å². The number of benzene rings is 2. The van der Waals surface area contributed by atoms with Gasteiger partial charge in [0.2, 0.25) is 0 Å². The Morgan fingerprint density at radius 1 is 0.783 bits per heavy atom. The van der Waals surface area contributed by atoms with Gasteiger partial charge in [0.15, 0.2) is 0 Å². The van der Waals surface area contributed by atoms with Crippen molar-refractivity contribution in [3.8, 4) is 11.5 Å². The molecule has 0 nitrogen and oxygen atoms in total. The van der Waals surface area contributed by atoms with Gasteiger partial charge in [-0.2, -0.15) is 0 Å². The highest BCUT2D eigenvalue weighted by atomic mass is 28.3. The van der Waals surface area contributed by atoms with Gasteiger partial charge in [-0.25, -0.2) is 0 Å². The first-order valence-corrected chi connectivity index (χ1v) is 11.1. The van der Waals surface area contributed by atoms with Gasteiger partial charge in [0.1, 0.15) is 8.07 Å². The Morgan fingerprint density at radius 3 is 1.91 bits per heavy atom. The second kappa shape index (κ2) is 6.93. The molecule has 23 heavy (non-hydrogen) atoms. The summed E-state index contributed by atoms with van der Waals surface area (Å²) in [6, 6.07) is 13.0. The standard InChI is InChI=1S/C22H30Si/c1-16(2)23(17(3)4,18(5)6)15-14-21-19(7)12-13-20-10-8-9-11-22(20)21/h8-13,16-18H,1-7H3. The van der Waals surface area contributed by atoms with Crippen molar-refractivity contribution in [1.82, 2.24) is 0 Å². The molecular formula is C22H30Si. The third-order valence-electron chi connectivity index (χ3n) is 5.41. The van der Waals surface area contributed by atoms with E-state index >= 15 is 0 Å². The summed E-state index contributed by atoms with van der Waals surface area (Å²) in [5.74, 6) is 3.65. The lowest BCUT2D eigenvalue weighted by Crippen LogP contribution is -2.43. The van der Waals surface area contributed by atoms with Crippen LogP contribution in [0.25, 0.3) is 10.8 Å². The summed E-state index contributed by atoms with van der Waals surface area (Å²) in [6.07, 6.45) is 0. The molecule has 122 valence electrons. The SMILES string of the molecule is Cc1ccc2ccccc2c1C#C[Si](C(C)C)(C(C)C)C(C)C. The Hall–Kier alpha value is -1.52. The normalized spacial score (nSPS) is 12.1. The second-order valence-corrected chi connectivity index (χ2v) is 13.2.